The van der Waals surface area contributed by atoms with Crippen molar-refractivity contribution in [2.75, 3.05) is 13.2 Å². The van der Waals surface area contributed by atoms with E-state index in [2.05, 4.69) is 4.98 Å². The van der Waals surface area contributed by atoms with Gasteiger partial charge in [0.15, 0.2) is 0 Å². The van der Waals surface area contributed by atoms with Crippen molar-refractivity contribution in [3.63, 3.8) is 0 Å². The molecule has 1 aliphatic rings. The number of nitriles is 1. The Morgan fingerprint density at radius 1 is 1.33 bits per heavy atom. The average Bonchev–Trinajstić information content (AvgIpc) is 2.91. The number of halogens is 3. The van der Waals surface area contributed by atoms with E-state index in [9.17, 15) is 13.2 Å². The minimum atomic E-state index is -4.56. The van der Waals surface area contributed by atoms with Crippen molar-refractivity contribution in [2.45, 2.75) is 25.4 Å². The summed E-state index contributed by atoms with van der Waals surface area (Å²) in [6, 6.07) is 3.66. The maximum Gasteiger partial charge on any atom is 0.433 e. The minimum Gasteiger partial charge on any atom is -0.476 e. The summed E-state index contributed by atoms with van der Waals surface area (Å²) in [5.41, 5.74) is 4.61. The molecule has 0 radical (unpaired) electrons. The summed E-state index contributed by atoms with van der Waals surface area (Å²) in [7, 11) is 0. The summed E-state index contributed by atoms with van der Waals surface area (Å²) < 4.78 is 43.3. The molecule has 0 aliphatic heterocycles. The molecule has 0 aromatic carbocycles. The van der Waals surface area contributed by atoms with Crippen molar-refractivity contribution in [1.29, 1.82) is 5.26 Å². The van der Waals surface area contributed by atoms with Crippen LogP contribution in [0, 0.1) is 23.2 Å². The first-order valence-electron chi connectivity index (χ1n) is 6.77. The number of alkyl halides is 3. The highest BCUT2D eigenvalue weighted by Gasteiger charge is 2.33. The highest BCUT2D eigenvalue weighted by Crippen LogP contribution is 2.33. The second-order valence-electron chi connectivity index (χ2n) is 5.16. The van der Waals surface area contributed by atoms with Crippen molar-refractivity contribution in [3.8, 4) is 11.9 Å². The Labute approximate surface area is 120 Å². The number of nitrogens with zero attached hydrogens (tertiary/aromatic N) is 2. The van der Waals surface area contributed by atoms with E-state index in [1.165, 1.54) is 0 Å². The molecule has 2 atom stereocenters. The van der Waals surface area contributed by atoms with E-state index in [1.54, 1.807) is 6.07 Å². The zero-order valence-electron chi connectivity index (χ0n) is 11.4. The van der Waals surface area contributed by atoms with Crippen LogP contribution in [0.1, 0.15) is 30.5 Å². The van der Waals surface area contributed by atoms with E-state index in [-0.39, 0.29) is 24.0 Å². The highest BCUT2D eigenvalue weighted by molar-refractivity contribution is 5.39. The van der Waals surface area contributed by atoms with Crippen molar-refractivity contribution in [2.24, 2.45) is 17.6 Å². The molecule has 114 valence electrons. The standard InChI is InChI=1S/C14H16F3N3O/c15-14(16,17)12-5-4-10(7-19)13(20-12)21-8-11-3-1-2-9(11)6-18/h4-5,9,11H,1-3,6,8,18H2. The fourth-order valence-electron chi connectivity index (χ4n) is 2.62. The molecule has 0 amide bonds. The van der Waals surface area contributed by atoms with Gasteiger partial charge in [-0.25, -0.2) is 4.98 Å². The number of nitrogens with two attached hydrogens (primary N) is 1. The first kappa shape index (κ1) is 15.6. The fourth-order valence-corrected chi connectivity index (χ4v) is 2.62. The van der Waals surface area contributed by atoms with Crippen molar-refractivity contribution >= 4 is 0 Å². The number of rotatable bonds is 4. The van der Waals surface area contributed by atoms with Gasteiger partial charge in [0.2, 0.25) is 5.88 Å². The van der Waals surface area contributed by atoms with Crippen LogP contribution in [0.2, 0.25) is 0 Å². The monoisotopic (exact) mass is 299 g/mol. The molecule has 4 nitrogen and oxygen atoms in total. The third kappa shape index (κ3) is 3.64. The Balaban J connectivity index is 2.13. The molecular weight excluding hydrogens is 283 g/mol. The van der Waals surface area contributed by atoms with E-state index < -0.39 is 11.9 Å². The Morgan fingerprint density at radius 3 is 2.67 bits per heavy atom. The number of hydrogen-bond donors (Lipinski definition) is 1. The van der Waals surface area contributed by atoms with Crippen molar-refractivity contribution in [1.82, 2.24) is 4.98 Å². The molecule has 21 heavy (non-hydrogen) atoms. The van der Waals surface area contributed by atoms with Gasteiger partial charge in [-0.2, -0.15) is 18.4 Å². The molecule has 2 rings (SSSR count). The fraction of sp³-hybridized carbons (Fsp3) is 0.571. The van der Waals surface area contributed by atoms with Crippen LogP contribution in [0.5, 0.6) is 5.88 Å². The van der Waals surface area contributed by atoms with Gasteiger partial charge in [-0.15, -0.1) is 0 Å². The lowest BCUT2D eigenvalue weighted by Crippen LogP contribution is -2.24. The Kier molecular flexibility index (Phi) is 4.68. The smallest absolute Gasteiger partial charge is 0.433 e. The van der Waals surface area contributed by atoms with Crippen LogP contribution in [0.4, 0.5) is 13.2 Å². The third-order valence-corrected chi connectivity index (χ3v) is 3.82. The topological polar surface area (TPSA) is 71.9 Å². The van der Waals surface area contributed by atoms with Gasteiger partial charge in [0.05, 0.1) is 6.61 Å². The third-order valence-electron chi connectivity index (χ3n) is 3.82. The van der Waals surface area contributed by atoms with E-state index in [4.69, 9.17) is 15.7 Å². The van der Waals surface area contributed by atoms with Crippen LogP contribution < -0.4 is 10.5 Å². The lowest BCUT2D eigenvalue weighted by atomic mass is 9.97. The molecule has 7 heteroatoms. The Hall–Kier alpha value is -1.81. The number of pyridine rings is 1. The second kappa shape index (κ2) is 6.31. The van der Waals surface area contributed by atoms with Crippen LogP contribution in [0.25, 0.3) is 0 Å². The molecule has 1 heterocycles. The minimum absolute atomic E-state index is 0.00490. The SMILES string of the molecule is N#Cc1ccc(C(F)(F)F)nc1OCC1CCCC1CN. The highest BCUT2D eigenvalue weighted by atomic mass is 19.4. The van der Waals surface area contributed by atoms with Crippen LogP contribution in [-0.2, 0) is 6.18 Å². The summed E-state index contributed by atoms with van der Waals surface area (Å²) in [4.78, 5) is 3.43. The second-order valence-corrected chi connectivity index (χ2v) is 5.16. The number of hydrogen-bond acceptors (Lipinski definition) is 4. The van der Waals surface area contributed by atoms with Crippen LogP contribution >= 0.6 is 0 Å². The molecule has 2 unspecified atom stereocenters. The molecular formula is C14H16F3N3O. The van der Waals surface area contributed by atoms with Gasteiger partial charge in [-0.3, -0.25) is 0 Å². The van der Waals surface area contributed by atoms with E-state index >= 15 is 0 Å². The Morgan fingerprint density at radius 2 is 2.05 bits per heavy atom. The lowest BCUT2D eigenvalue weighted by molar-refractivity contribution is -0.141. The Bertz CT molecular complexity index is 539. The molecule has 0 bridgehead atoms. The molecule has 0 spiro atoms. The predicted molar refractivity (Wildman–Crippen MR) is 69.3 cm³/mol. The molecule has 1 saturated carbocycles. The van der Waals surface area contributed by atoms with Gasteiger partial charge >= 0.3 is 6.18 Å². The summed E-state index contributed by atoms with van der Waals surface area (Å²) >= 11 is 0. The predicted octanol–water partition coefficient (Wildman–Crippen LogP) is 2.73. The largest absolute Gasteiger partial charge is 0.476 e. The van der Waals surface area contributed by atoms with Gasteiger partial charge in [0.1, 0.15) is 17.3 Å². The summed E-state index contributed by atoms with van der Waals surface area (Å²) in [5.74, 6) is 0.272. The molecule has 2 N–H and O–H groups in total. The average molecular weight is 299 g/mol. The van der Waals surface area contributed by atoms with Crippen molar-refractivity contribution < 1.29 is 17.9 Å². The van der Waals surface area contributed by atoms with Gasteiger partial charge in [0, 0.05) is 0 Å². The zero-order chi connectivity index (χ0) is 15.5. The summed E-state index contributed by atoms with van der Waals surface area (Å²) in [5, 5.41) is 8.93. The first-order valence-corrected chi connectivity index (χ1v) is 6.77. The number of aromatic nitrogens is 1. The van der Waals surface area contributed by atoms with E-state index in [0.717, 1.165) is 31.4 Å². The van der Waals surface area contributed by atoms with Crippen molar-refractivity contribution in [3.05, 3.63) is 23.4 Å². The number of ether oxygens (including phenoxy) is 1. The summed E-state index contributed by atoms with van der Waals surface area (Å²) in [6.07, 6.45) is -1.58. The summed E-state index contributed by atoms with van der Waals surface area (Å²) in [6.45, 7) is 0.778. The molecule has 1 aromatic rings. The zero-order valence-corrected chi connectivity index (χ0v) is 11.4. The van der Waals surface area contributed by atoms with Gasteiger partial charge < -0.3 is 10.5 Å². The van der Waals surface area contributed by atoms with Crippen LogP contribution in [-0.4, -0.2) is 18.1 Å². The van der Waals surface area contributed by atoms with E-state index in [1.807, 2.05) is 0 Å². The van der Waals surface area contributed by atoms with Gasteiger partial charge in [0.25, 0.3) is 0 Å². The van der Waals surface area contributed by atoms with Gasteiger partial charge in [-0.05, 0) is 43.4 Å². The molecule has 1 aliphatic carbocycles. The maximum atomic E-state index is 12.6. The maximum absolute atomic E-state index is 12.6. The molecule has 1 fully saturated rings. The normalized spacial score (nSPS) is 22.0. The first-order chi connectivity index (χ1) is 9.95. The molecule has 0 saturated heterocycles. The van der Waals surface area contributed by atoms with Crippen LogP contribution in [0.3, 0.4) is 0 Å². The lowest BCUT2D eigenvalue weighted by Gasteiger charge is -2.18. The quantitative estimate of drug-likeness (QED) is 0.928. The van der Waals surface area contributed by atoms with E-state index in [0.29, 0.717) is 12.5 Å². The van der Waals surface area contributed by atoms with Crippen LogP contribution in [0.15, 0.2) is 12.1 Å². The molecule has 1 aromatic heterocycles. The van der Waals surface area contributed by atoms with Gasteiger partial charge in [-0.1, -0.05) is 6.42 Å².